The highest BCUT2D eigenvalue weighted by Crippen LogP contribution is 2.20. The third kappa shape index (κ3) is 2.81. The van der Waals surface area contributed by atoms with Crippen LogP contribution in [0.1, 0.15) is 21.8 Å². The fourth-order valence-corrected chi connectivity index (χ4v) is 3.17. The number of hydrogen-bond acceptors (Lipinski definition) is 7. The van der Waals surface area contributed by atoms with Gasteiger partial charge in [-0.25, -0.2) is 0 Å². The van der Waals surface area contributed by atoms with Crippen LogP contribution in [0, 0.1) is 13.8 Å². The molecule has 0 aliphatic carbocycles. The molecule has 1 aliphatic heterocycles. The molecule has 1 fully saturated rings. The quantitative estimate of drug-likeness (QED) is 0.699. The minimum atomic E-state index is -0.0384. The molecule has 26 heavy (non-hydrogen) atoms. The minimum Gasteiger partial charge on any atom is -0.361 e. The normalized spacial score (nSPS) is 14.7. The summed E-state index contributed by atoms with van der Waals surface area (Å²) in [5, 5.41) is 15.9. The van der Waals surface area contributed by atoms with E-state index in [-0.39, 0.29) is 5.91 Å². The van der Waals surface area contributed by atoms with Crippen molar-refractivity contribution in [2.24, 2.45) is 0 Å². The maximum atomic E-state index is 12.7. The molecular weight excluding hydrogens is 334 g/mol. The summed E-state index contributed by atoms with van der Waals surface area (Å²) in [6.45, 7) is 6.03. The van der Waals surface area contributed by atoms with E-state index in [0.717, 1.165) is 5.69 Å². The van der Waals surface area contributed by atoms with Gasteiger partial charge in [-0.15, -0.1) is 0 Å². The first kappa shape index (κ1) is 16.2. The number of anilines is 1. The van der Waals surface area contributed by atoms with Crippen molar-refractivity contribution in [3.63, 3.8) is 0 Å². The maximum Gasteiger partial charge on any atom is 0.259 e. The van der Waals surface area contributed by atoms with Crippen LogP contribution in [0.2, 0.25) is 0 Å². The van der Waals surface area contributed by atoms with Crippen molar-refractivity contribution in [2.45, 2.75) is 13.8 Å². The number of amides is 1. The molecule has 0 saturated carbocycles. The molecule has 0 N–H and O–H groups in total. The average molecular weight is 353 g/mol. The Hall–Kier alpha value is -3.23. The van der Waals surface area contributed by atoms with Gasteiger partial charge in [0.25, 0.3) is 5.91 Å². The number of aryl methyl sites for hydroxylation is 2. The second-order valence-electron chi connectivity index (χ2n) is 6.20. The molecule has 0 atom stereocenters. The molecule has 1 saturated heterocycles. The number of para-hydroxylation sites is 1. The molecule has 0 unspecified atom stereocenters. The fraction of sp³-hybridized carbons (Fsp3) is 0.353. The van der Waals surface area contributed by atoms with E-state index in [1.165, 1.54) is 0 Å². The highest BCUT2D eigenvalue weighted by molar-refractivity contribution is 5.96. The summed E-state index contributed by atoms with van der Waals surface area (Å²) in [4.78, 5) is 16.7. The molecule has 134 valence electrons. The second-order valence-corrected chi connectivity index (χ2v) is 6.20. The van der Waals surface area contributed by atoms with Gasteiger partial charge in [0.1, 0.15) is 11.3 Å². The SMILES string of the molecule is Cc1noc(C)c1C(=O)N1CCN(c2nnnn2-c2ccccc2)CC1. The predicted molar refractivity (Wildman–Crippen MR) is 93.2 cm³/mol. The molecule has 2 aromatic heterocycles. The van der Waals surface area contributed by atoms with Crippen LogP contribution in [0.4, 0.5) is 5.95 Å². The number of nitrogens with zero attached hydrogens (tertiary/aromatic N) is 7. The molecule has 0 bridgehead atoms. The molecule has 1 aromatic carbocycles. The van der Waals surface area contributed by atoms with E-state index in [9.17, 15) is 4.79 Å². The van der Waals surface area contributed by atoms with Crippen molar-refractivity contribution in [3.8, 4) is 5.69 Å². The Kier molecular flexibility index (Phi) is 4.11. The average Bonchev–Trinajstić information content (AvgIpc) is 3.29. The number of aromatic nitrogens is 5. The highest BCUT2D eigenvalue weighted by atomic mass is 16.5. The standard InChI is InChI=1S/C17H19N7O2/c1-12-15(13(2)26-19-12)16(25)22-8-10-23(11-9-22)17-18-20-21-24(17)14-6-4-3-5-7-14/h3-7H,8-11H2,1-2H3. The number of carbonyl (C=O) groups excluding carboxylic acids is 1. The Bertz CT molecular complexity index is 891. The van der Waals surface area contributed by atoms with Gasteiger partial charge in [-0.2, -0.15) is 4.68 Å². The predicted octanol–water partition coefficient (Wildman–Crippen LogP) is 1.23. The number of piperazine rings is 1. The van der Waals surface area contributed by atoms with Gasteiger partial charge in [0, 0.05) is 26.2 Å². The van der Waals surface area contributed by atoms with Crippen LogP contribution in [0.5, 0.6) is 0 Å². The lowest BCUT2D eigenvalue weighted by Gasteiger charge is -2.34. The molecule has 4 rings (SSSR count). The van der Waals surface area contributed by atoms with E-state index in [0.29, 0.717) is 49.1 Å². The lowest BCUT2D eigenvalue weighted by Crippen LogP contribution is -2.49. The van der Waals surface area contributed by atoms with Gasteiger partial charge < -0.3 is 14.3 Å². The fourth-order valence-electron chi connectivity index (χ4n) is 3.17. The molecule has 0 spiro atoms. The van der Waals surface area contributed by atoms with E-state index >= 15 is 0 Å². The van der Waals surface area contributed by atoms with Crippen molar-refractivity contribution >= 4 is 11.9 Å². The van der Waals surface area contributed by atoms with Crippen molar-refractivity contribution in [3.05, 3.63) is 47.3 Å². The van der Waals surface area contributed by atoms with Crippen LogP contribution in [-0.4, -0.2) is 62.4 Å². The number of tetrazole rings is 1. The van der Waals surface area contributed by atoms with Crippen LogP contribution < -0.4 is 4.90 Å². The van der Waals surface area contributed by atoms with E-state index in [2.05, 4.69) is 25.6 Å². The molecule has 0 radical (unpaired) electrons. The summed E-state index contributed by atoms with van der Waals surface area (Å²) < 4.78 is 6.83. The van der Waals surface area contributed by atoms with Crippen LogP contribution in [0.3, 0.4) is 0 Å². The van der Waals surface area contributed by atoms with Crippen LogP contribution in [-0.2, 0) is 0 Å². The molecule has 1 aliphatic rings. The Labute approximate surface area is 150 Å². The van der Waals surface area contributed by atoms with E-state index < -0.39 is 0 Å². The summed E-state index contributed by atoms with van der Waals surface area (Å²) in [5.41, 5.74) is 2.09. The highest BCUT2D eigenvalue weighted by Gasteiger charge is 2.28. The van der Waals surface area contributed by atoms with Gasteiger partial charge in [0.05, 0.1) is 11.4 Å². The summed E-state index contributed by atoms with van der Waals surface area (Å²) in [5.74, 6) is 1.20. The van der Waals surface area contributed by atoms with Crippen molar-refractivity contribution in [1.29, 1.82) is 0 Å². The Morgan fingerprint density at radius 2 is 1.81 bits per heavy atom. The summed E-state index contributed by atoms with van der Waals surface area (Å²) >= 11 is 0. The van der Waals surface area contributed by atoms with Crippen molar-refractivity contribution in [1.82, 2.24) is 30.3 Å². The topological polar surface area (TPSA) is 93.2 Å². The van der Waals surface area contributed by atoms with E-state index in [4.69, 9.17) is 4.52 Å². The second kappa shape index (κ2) is 6.58. The summed E-state index contributed by atoms with van der Waals surface area (Å²) in [6, 6.07) is 9.75. The third-order valence-electron chi connectivity index (χ3n) is 4.55. The Balaban J connectivity index is 1.48. The smallest absolute Gasteiger partial charge is 0.259 e. The Morgan fingerprint density at radius 3 is 2.46 bits per heavy atom. The van der Waals surface area contributed by atoms with Gasteiger partial charge in [0.2, 0.25) is 5.95 Å². The lowest BCUT2D eigenvalue weighted by atomic mass is 10.1. The van der Waals surface area contributed by atoms with Gasteiger partial charge in [-0.3, -0.25) is 4.79 Å². The summed E-state index contributed by atoms with van der Waals surface area (Å²) in [6.07, 6.45) is 0. The van der Waals surface area contributed by atoms with Gasteiger partial charge >= 0.3 is 0 Å². The lowest BCUT2D eigenvalue weighted by molar-refractivity contribution is 0.0743. The number of carbonyl (C=O) groups is 1. The monoisotopic (exact) mass is 353 g/mol. The first-order chi connectivity index (χ1) is 12.6. The van der Waals surface area contributed by atoms with Crippen LogP contribution in [0.25, 0.3) is 5.69 Å². The zero-order valence-electron chi connectivity index (χ0n) is 14.7. The number of rotatable bonds is 3. The zero-order valence-corrected chi connectivity index (χ0v) is 14.7. The molecule has 9 nitrogen and oxygen atoms in total. The van der Waals surface area contributed by atoms with Gasteiger partial charge in [0.15, 0.2) is 0 Å². The third-order valence-corrected chi connectivity index (χ3v) is 4.55. The Morgan fingerprint density at radius 1 is 1.08 bits per heavy atom. The number of benzene rings is 1. The molecule has 1 amide bonds. The van der Waals surface area contributed by atoms with Crippen LogP contribution in [0.15, 0.2) is 34.9 Å². The largest absolute Gasteiger partial charge is 0.361 e. The zero-order chi connectivity index (χ0) is 18.1. The minimum absolute atomic E-state index is 0.0384. The summed E-state index contributed by atoms with van der Waals surface area (Å²) in [7, 11) is 0. The van der Waals surface area contributed by atoms with Gasteiger partial charge in [-0.1, -0.05) is 28.5 Å². The van der Waals surface area contributed by atoms with Crippen molar-refractivity contribution < 1.29 is 9.32 Å². The first-order valence-electron chi connectivity index (χ1n) is 8.46. The number of hydrogen-bond donors (Lipinski definition) is 0. The van der Waals surface area contributed by atoms with E-state index in [1.807, 2.05) is 35.2 Å². The van der Waals surface area contributed by atoms with Crippen molar-refractivity contribution in [2.75, 3.05) is 31.1 Å². The molecule has 3 heterocycles. The molecule has 3 aromatic rings. The first-order valence-corrected chi connectivity index (χ1v) is 8.46. The molecular formula is C17H19N7O2. The van der Waals surface area contributed by atoms with Crippen LogP contribution >= 0.6 is 0 Å². The van der Waals surface area contributed by atoms with E-state index in [1.54, 1.807) is 18.5 Å². The van der Waals surface area contributed by atoms with Gasteiger partial charge in [-0.05, 0) is 36.4 Å². The maximum absolute atomic E-state index is 12.7. The molecule has 9 heteroatoms.